The maximum Gasteiger partial charge on any atom is 0.253 e. The molecule has 6 nitrogen and oxygen atoms in total. The summed E-state index contributed by atoms with van der Waals surface area (Å²) in [5.74, 6) is 0.428. The molecule has 1 aliphatic carbocycles. The van der Waals surface area contributed by atoms with Gasteiger partial charge in [0.15, 0.2) is 0 Å². The number of carbonyl (C=O) groups excluding carboxylic acids is 1. The van der Waals surface area contributed by atoms with E-state index in [1.807, 2.05) is 20.8 Å². The van der Waals surface area contributed by atoms with Crippen molar-refractivity contribution in [1.82, 2.24) is 9.21 Å². The Morgan fingerprint density at radius 1 is 1.23 bits per heavy atom. The summed E-state index contributed by atoms with van der Waals surface area (Å²) in [5.41, 5.74) is 0.412. The van der Waals surface area contributed by atoms with E-state index in [2.05, 4.69) is 0 Å². The summed E-state index contributed by atoms with van der Waals surface area (Å²) in [6, 6.07) is 6.55. The molecule has 1 heterocycles. The van der Waals surface area contributed by atoms with Gasteiger partial charge in [0.05, 0.1) is 17.1 Å². The Labute approximate surface area is 156 Å². The maximum absolute atomic E-state index is 13.0. The van der Waals surface area contributed by atoms with E-state index in [-0.39, 0.29) is 29.1 Å². The first-order valence-corrected chi connectivity index (χ1v) is 10.7. The average Bonchev–Trinajstić information content (AvgIpc) is 3.44. The van der Waals surface area contributed by atoms with Crippen LogP contribution in [0, 0.1) is 5.92 Å². The number of sulfonamides is 1. The normalized spacial score (nSPS) is 25.7. The van der Waals surface area contributed by atoms with E-state index in [1.165, 1.54) is 10.4 Å². The Morgan fingerprint density at radius 2 is 1.85 bits per heavy atom. The van der Waals surface area contributed by atoms with Crippen molar-refractivity contribution in [3.63, 3.8) is 0 Å². The molecule has 3 atom stereocenters. The number of benzene rings is 1. The van der Waals surface area contributed by atoms with Crippen LogP contribution in [0.5, 0.6) is 0 Å². The van der Waals surface area contributed by atoms with Crippen LogP contribution in [0.15, 0.2) is 29.2 Å². The fourth-order valence-electron chi connectivity index (χ4n) is 3.55. The smallest absolute Gasteiger partial charge is 0.253 e. The molecular weight excluding hydrogens is 352 g/mol. The highest BCUT2D eigenvalue weighted by molar-refractivity contribution is 7.89. The van der Waals surface area contributed by atoms with E-state index < -0.39 is 10.0 Å². The lowest BCUT2D eigenvalue weighted by Gasteiger charge is -2.34. The molecule has 7 heteroatoms. The minimum atomic E-state index is -3.65. The van der Waals surface area contributed by atoms with Crippen molar-refractivity contribution in [1.29, 1.82) is 0 Å². The number of hydrogen-bond acceptors (Lipinski definition) is 4. The summed E-state index contributed by atoms with van der Waals surface area (Å²) in [6.45, 7) is 6.43. The van der Waals surface area contributed by atoms with E-state index in [9.17, 15) is 13.2 Å². The number of nitrogens with zero attached hydrogens (tertiary/aromatic N) is 2. The van der Waals surface area contributed by atoms with Crippen LogP contribution in [0.3, 0.4) is 0 Å². The second-order valence-corrected chi connectivity index (χ2v) is 9.54. The van der Waals surface area contributed by atoms with E-state index in [1.54, 1.807) is 30.1 Å². The zero-order valence-electron chi connectivity index (χ0n) is 15.9. The lowest BCUT2D eigenvalue weighted by molar-refractivity contribution is -0.0440. The topological polar surface area (TPSA) is 66.9 Å². The van der Waals surface area contributed by atoms with E-state index in [4.69, 9.17) is 4.74 Å². The van der Waals surface area contributed by atoms with Crippen LogP contribution in [0.25, 0.3) is 0 Å². The van der Waals surface area contributed by atoms with Gasteiger partial charge in [0.25, 0.3) is 5.91 Å². The van der Waals surface area contributed by atoms with Crippen LogP contribution in [-0.4, -0.2) is 61.9 Å². The molecule has 144 valence electrons. The van der Waals surface area contributed by atoms with Crippen molar-refractivity contribution < 1.29 is 17.9 Å². The van der Waals surface area contributed by atoms with E-state index in [0.29, 0.717) is 24.6 Å². The SMILES string of the molecule is CC1CN(S(=O)(=O)c2cccc(C(=O)N(C)C(C)C3CC3)c2)CC(C)O1. The molecule has 2 aliphatic rings. The van der Waals surface area contributed by atoms with Gasteiger partial charge in [0.1, 0.15) is 0 Å². The highest BCUT2D eigenvalue weighted by atomic mass is 32.2. The lowest BCUT2D eigenvalue weighted by Crippen LogP contribution is -2.48. The Balaban J connectivity index is 1.82. The van der Waals surface area contributed by atoms with E-state index in [0.717, 1.165) is 12.8 Å². The predicted octanol–water partition coefficient (Wildman–Crippen LogP) is 2.36. The van der Waals surface area contributed by atoms with Gasteiger partial charge < -0.3 is 9.64 Å². The Morgan fingerprint density at radius 3 is 2.42 bits per heavy atom. The van der Waals surface area contributed by atoms with Gasteiger partial charge in [0, 0.05) is 31.7 Å². The molecule has 2 fully saturated rings. The third-order valence-corrected chi connectivity index (χ3v) is 7.17. The van der Waals surface area contributed by atoms with Gasteiger partial charge in [-0.1, -0.05) is 6.07 Å². The summed E-state index contributed by atoms with van der Waals surface area (Å²) < 4.78 is 33.1. The Bertz CT molecular complexity index is 765. The van der Waals surface area contributed by atoms with Crippen LogP contribution < -0.4 is 0 Å². The molecule has 0 bridgehead atoms. The number of ether oxygens (including phenoxy) is 1. The van der Waals surface area contributed by atoms with Crippen molar-refractivity contribution in [2.75, 3.05) is 20.1 Å². The van der Waals surface area contributed by atoms with Crippen molar-refractivity contribution in [2.45, 2.75) is 56.8 Å². The molecule has 1 saturated carbocycles. The standard InChI is InChI=1S/C19H28N2O4S/c1-13-11-21(12-14(2)25-13)26(23,24)18-7-5-6-17(10-18)19(22)20(4)15(3)16-8-9-16/h5-7,10,13-16H,8-9,11-12H2,1-4H3. The number of hydrogen-bond donors (Lipinski definition) is 0. The van der Waals surface area contributed by atoms with Gasteiger partial charge in [0.2, 0.25) is 10.0 Å². The third-order valence-electron chi connectivity index (χ3n) is 5.34. The predicted molar refractivity (Wildman–Crippen MR) is 99.5 cm³/mol. The fraction of sp³-hybridized carbons (Fsp3) is 0.632. The molecule has 1 amide bonds. The van der Waals surface area contributed by atoms with Crippen molar-refractivity contribution in [3.05, 3.63) is 29.8 Å². The third kappa shape index (κ3) is 3.94. The first-order valence-electron chi connectivity index (χ1n) is 9.23. The lowest BCUT2D eigenvalue weighted by atomic mass is 10.1. The summed E-state index contributed by atoms with van der Waals surface area (Å²) in [7, 11) is -1.86. The molecule has 0 N–H and O–H groups in total. The minimum Gasteiger partial charge on any atom is -0.373 e. The van der Waals surface area contributed by atoms with Gasteiger partial charge in [-0.05, 0) is 57.7 Å². The van der Waals surface area contributed by atoms with Crippen LogP contribution in [0.4, 0.5) is 0 Å². The highest BCUT2D eigenvalue weighted by Gasteiger charge is 2.34. The van der Waals surface area contributed by atoms with Crippen molar-refractivity contribution in [3.8, 4) is 0 Å². The van der Waals surface area contributed by atoms with Crippen molar-refractivity contribution in [2.24, 2.45) is 5.92 Å². The molecule has 0 radical (unpaired) electrons. The molecule has 1 aromatic carbocycles. The molecule has 1 saturated heterocycles. The minimum absolute atomic E-state index is 0.134. The van der Waals surface area contributed by atoms with Gasteiger partial charge in [-0.15, -0.1) is 0 Å². The monoisotopic (exact) mass is 380 g/mol. The number of rotatable bonds is 5. The second kappa shape index (κ2) is 7.29. The Kier molecular flexibility index (Phi) is 5.42. The zero-order chi connectivity index (χ0) is 19.1. The van der Waals surface area contributed by atoms with Crippen LogP contribution in [0.1, 0.15) is 44.0 Å². The molecule has 26 heavy (non-hydrogen) atoms. The highest BCUT2D eigenvalue weighted by Crippen LogP contribution is 2.35. The summed E-state index contributed by atoms with van der Waals surface area (Å²) in [5, 5.41) is 0. The van der Waals surface area contributed by atoms with Gasteiger partial charge in [-0.25, -0.2) is 8.42 Å². The molecule has 1 aliphatic heterocycles. The van der Waals surface area contributed by atoms with Crippen molar-refractivity contribution >= 4 is 15.9 Å². The molecule has 0 spiro atoms. The molecule has 1 aromatic rings. The molecule has 3 unspecified atom stereocenters. The summed E-state index contributed by atoms with van der Waals surface area (Å²) in [4.78, 5) is 14.7. The van der Waals surface area contributed by atoms with Crippen LogP contribution in [-0.2, 0) is 14.8 Å². The number of amides is 1. The number of morpholine rings is 1. The fourth-order valence-corrected chi connectivity index (χ4v) is 5.19. The summed E-state index contributed by atoms with van der Waals surface area (Å²) in [6.07, 6.45) is 2.01. The first kappa shape index (κ1) is 19.3. The average molecular weight is 381 g/mol. The second-order valence-electron chi connectivity index (χ2n) is 7.60. The van der Waals surface area contributed by atoms with Gasteiger partial charge in [-0.3, -0.25) is 4.79 Å². The zero-order valence-corrected chi connectivity index (χ0v) is 16.7. The quantitative estimate of drug-likeness (QED) is 0.786. The van der Waals surface area contributed by atoms with Crippen LogP contribution >= 0.6 is 0 Å². The largest absolute Gasteiger partial charge is 0.373 e. The van der Waals surface area contributed by atoms with Gasteiger partial charge in [-0.2, -0.15) is 4.31 Å². The van der Waals surface area contributed by atoms with Crippen LogP contribution in [0.2, 0.25) is 0 Å². The molecule has 0 aromatic heterocycles. The van der Waals surface area contributed by atoms with E-state index >= 15 is 0 Å². The molecule has 3 rings (SSSR count). The molecular formula is C19H28N2O4S. The maximum atomic E-state index is 13.0. The number of carbonyl (C=O) groups is 1. The first-order chi connectivity index (χ1) is 12.2. The summed E-state index contributed by atoms with van der Waals surface area (Å²) >= 11 is 0. The van der Waals surface area contributed by atoms with Gasteiger partial charge >= 0.3 is 0 Å². The Hall–Kier alpha value is -1.44.